The van der Waals surface area contributed by atoms with Gasteiger partial charge in [0.05, 0.1) is 11.0 Å². The molecule has 1 aliphatic rings. The van der Waals surface area contributed by atoms with Gasteiger partial charge < -0.3 is 10.4 Å². The van der Waals surface area contributed by atoms with Crippen molar-refractivity contribution < 1.29 is 18.3 Å². The number of hydrogen-bond acceptors (Lipinski definition) is 4. The molecule has 1 amide bonds. The fraction of sp³-hybridized carbons (Fsp3) is 0.278. The van der Waals surface area contributed by atoms with Crippen LogP contribution in [0.1, 0.15) is 12.0 Å². The first-order chi connectivity index (χ1) is 12.8. The van der Waals surface area contributed by atoms with E-state index in [0.29, 0.717) is 10.0 Å². The van der Waals surface area contributed by atoms with Crippen molar-refractivity contribution in [1.82, 2.24) is 9.62 Å². The number of rotatable bonds is 5. The number of sulfonamides is 1. The summed E-state index contributed by atoms with van der Waals surface area (Å²) in [5.74, 6) is -0.459. The molecule has 2 atom stereocenters. The Morgan fingerprint density at radius 1 is 1.07 bits per heavy atom. The maximum atomic E-state index is 12.9. The van der Waals surface area contributed by atoms with Crippen LogP contribution in [0.2, 0.25) is 10.0 Å². The molecular formula is C18H18Cl2N2O4S. The van der Waals surface area contributed by atoms with Crippen molar-refractivity contribution in [1.29, 1.82) is 0 Å². The summed E-state index contributed by atoms with van der Waals surface area (Å²) in [5.41, 5.74) is 0.832. The zero-order valence-electron chi connectivity index (χ0n) is 14.2. The number of aliphatic hydroxyl groups excluding tert-OH is 1. The summed E-state index contributed by atoms with van der Waals surface area (Å²) in [7, 11) is -3.93. The van der Waals surface area contributed by atoms with E-state index >= 15 is 0 Å². The number of nitrogens with zero attached hydrogens (tertiary/aromatic N) is 1. The van der Waals surface area contributed by atoms with E-state index in [1.54, 1.807) is 24.3 Å². The molecule has 0 spiro atoms. The first-order valence-corrected chi connectivity index (χ1v) is 10.4. The highest BCUT2D eigenvalue weighted by molar-refractivity contribution is 7.89. The Morgan fingerprint density at radius 3 is 2.22 bits per heavy atom. The Hall–Kier alpha value is -1.64. The van der Waals surface area contributed by atoms with Crippen molar-refractivity contribution in [2.75, 3.05) is 6.54 Å². The van der Waals surface area contributed by atoms with Crippen molar-refractivity contribution in [3.63, 3.8) is 0 Å². The summed E-state index contributed by atoms with van der Waals surface area (Å²) >= 11 is 11.6. The van der Waals surface area contributed by atoms with Crippen LogP contribution >= 0.6 is 23.2 Å². The Balaban J connectivity index is 1.75. The van der Waals surface area contributed by atoms with Gasteiger partial charge in [0.1, 0.15) is 6.04 Å². The minimum absolute atomic E-state index is 0.0245. The van der Waals surface area contributed by atoms with E-state index in [-0.39, 0.29) is 24.4 Å². The van der Waals surface area contributed by atoms with Gasteiger partial charge in [-0.25, -0.2) is 8.42 Å². The molecule has 2 aromatic rings. The molecule has 0 radical (unpaired) electrons. The molecule has 0 unspecified atom stereocenters. The summed E-state index contributed by atoms with van der Waals surface area (Å²) in [4.78, 5) is 12.6. The molecule has 1 aliphatic heterocycles. The zero-order chi connectivity index (χ0) is 19.6. The average Bonchev–Trinajstić information content (AvgIpc) is 3.04. The highest BCUT2D eigenvalue weighted by Gasteiger charge is 2.43. The van der Waals surface area contributed by atoms with Crippen molar-refractivity contribution in [2.24, 2.45) is 0 Å². The van der Waals surface area contributed by atoms with Crippen LogP contribution in [-0.2, 0) is 21.4 Å². The molecule has 0 bridgehead atoms. The third-order valence-electron chi connectivity index (χ3n) is 4.34. The number of β-amino-alcohol motifs (C(OH)–C–C–N with tert-alkyl or cyclic N) is 1. The molecule has 1 fully saturated rings. The van der Waals surface area contributed by atoms with Gasteiger partial charge in [0.25, 0.3) is 0 Å². The molecule has 2 aromatic carbocycles. The van der Waals surface area contributed by atoms with Gasteiger partial charge in [-0.05, 0) is 42.0 Å². The minimum Gasteiger partial charge on any atom is -0.392 e. The van der Waals surface area contributed by atoms with Crippen LogP contribution in [0.3, 0.4) is 0 Å². The van der Waals surface area contributed by atoms with Gasteiger partial charge in [-0.3, -0.25) is 4.79 Å². The van der Waals surface area contributed by atoms with Gasteiger partial charge in [-0.2, -0.15) is 4.31 Å². The largest absolute Gasteiger partial charge is 0.392 e. The number of aliphatic hydroxyl groups is 1. The highest BCUT2D eigenvalue weighted by atomic mass is 35.5. The smallest absolute Gasteiger partial charge is 0.243 e. The number of nitrogens with one attached hydrogen (secondary N) is 1. The predicted octanol–water partition coefficient (Wildman–Crippen LogP) is 2.43. The SMILES string of the molecule is O=C(NCc1ccc(Cl)cc1)[C@H]1C[C@@H](O)CN1S(=O)(=O)c1ccc(Cl)cc1. The van der Waals surface area contributed by atoms with Crippen LogP contribution < -0.4 is 5.32 Å². The molecule has 6 nitrogen and oxygen atoms in total. The molecule has 9 heteroatoms. The van der Waals surface area contributed by atoms with Crippen molar-refractivity contribution in [2.45, 2.75) is 30.0 Å². The predicted molar refractivity (Wildman–Crippen MR) is 103 cm³/mol. The van der Waals surface area contributed by atoms with E-state index in [1.165, 1.54) is 24.3 Å². The maximum Gasteiger partial charge on any atom is 0.243 e. The summed E-state index contributed by atoms with van der Waals surface area (Å²) < 4.78 is 26.8. The first kappa shape index (κ1) is 20.1. The molecule has 27 heavy (non-hydrogen) atoms. The Morgan fingerprint density at radius 2 is 1.63 bits per heavy atom. The van der Waals surface area contributed by atoms with Crippen LogP contribution in [-0.4, -0.2) is 42.4 Å². The third-order valence-corrected chi connectivity index (χ3v) is 6.73. The maximum absolute atomic E-state index is 12.9. The highest BCUT2D eigenvalue weighted by Crippen LogP contribution is 2.27. The monoisotopic (exact) mass is 428 g/mol. The van der Waals surface area contributed by atoms with Gasteiger partial charge in [0, 0.05) is 29.6 Å². The van der Waals surface area contributed by atoms with Crippen LogP contribution in [0.25, 0.3) is 0 Å². The van der Waals surface area contributed by atoms with E-state index < -0.39 is 28.1 Å². The van der Waals surface area contributed by atoms with Crippen LogP contribution in [0.4, 0.5) is 0 Å². The van der Waals surface area contributed by atoms with E-state index in [4.69, 9.17) is 23.2 Å². The summed E-state index contributed by atoms with van der Waals surface area (Å²) in [6, 6.07) is 11.7. The van der Waals surface area contributed by atoms with Gasteiger partial charge in [-0.1, -0.05) is 35.3 Å². The van der Waals surface area contributed by atoms with Crippen molar-refractivity contribution in [3.05, 3.63) is 64.1 Å². The Bertz CT molecular complexity index is 917. The molecule has 0 aromatic heterocycles. The molecule has 2 N–H and O–H groups in total. The number of benzene rings is 2. The topological polar surface area (TPSA) is 86.7 Å². The third kappa shape index (κ3) is 4.62. The van der Waals surface area contributed by atoms with Crippen LogP contribution in [0, 0.1) is 0 Å². The molecule has 1 heterocycles. The molecule has 3 rings (SSSR count). The van der Waals surface area contributed by atoms with Crippen LogP contribution in [0.5, 0.6) is 0 Å². The van der Waals surface area contributed by atoms with Gasteiger partial charge in [-0.15, -0.1) is 0 Å². The fourth-order valence-corrected chi connectivity index (χ4v) is 4.83. The normalized spacial score (nSPS) is 20.6. The Labute approximate surface area is 167 Å². The fourth-order valence-electron chi connectivity index (χ4n) is 2.94. The van der Waals surface area contributed by atoms with Crippen LogP contribution in [0.15, 0.2) is 53.4 Å². The lowest BCUT2D eigenvalue weighted by Gasteiger charge is -2.23. The molecule has 0 saturated carbocycles. The number of carbonyl (C=O) groups is 1. The average molecular weight is 429 g/mol. The Kier molecular flexibility index (Phi) is 6.08. The van der Waals surface area contributed by atoms with Gasteiger partial charge >= 0.3 is 0 Å². The van der Waals surface area contributed by atoms with E-state index in [2.05, 4.69) is 5.32 Å². The molecular weight excluding hydrogens is 411 g/mol. The molecule has 0 aliphatic carbocycles. The number of amides is 1. The lowest BCUT2D eigenvalue weighted by molar-refractivity contribution is -0.124. The second-order valence-corrected chi connectivity index (χ2v) is 9.04. The zero-order valence-corrected chi connectivity index (χ0v) is 16.5. The summed E-state index contributed by atoms with van der Waals surface area (Å²) in [6.07, 6.45) is -0.863. The summed E-state index contributed by atoms with van der Waals surface area (Å²) in [5, 5.41) is 13.7. The molecule has 1 saturated heterocycles. The summed E-state index contributed by atoms with van der Waals surface area (Å²) in [6.45, 7) is 0.0986. The van der Waals surface area contributed by atoms with Crippen molar-refractivity contribution in [3.8, 4) is 0 Å². The molecule has 144 valence electrons. The second-order valence-electron chi connectivity index (χ2n) is 6.28. The lowest BCUT2D eigenvalue weighted by atomic mass is 10.2. The second kappa shape index (κ2) is 8.16. The first-order valence-electron chi connectivity index (χ1n) is 8.25. The standard InChI is InChI=1S/C18H18Cl2N2O4S/c19-13-3-1-12(2-4-13)10-21-18(24)17-9-15(23)11-22(17)27(25,26)16-7-5-14(20)6-8-16/h1-8,15,17,23H,9-11H2,(H,21,24)/t15-,17-/m1/s1. The lowest BCUT2D eigenvalue weighted by Crippen LogP contribution is -2.45. The van der Waals surface area contributed by atoms with Gasteiger partial charge in [0.2, 0.25) is 15.9 Å². The van der Waals surface area contributed by atoms with Crippen molar-refractivity contribution >= 4 is 39.1 Å². The van der Waals surface area contributed by atoms with Gasteiger partial charge in [0.15, 0.2) is 0 Å². The van der Waals surface area contributed by atoms with E-state index in [1.807, 2.05) is 0 Å². The minimum atomic E-state index is -3.93. The van der Waals surface area contributed by atoms with E-state index in [0.717, 1.165) is 9.87 Å². The quantitative estimate of drug-likeness (QED) is 0.765. The number of carbonyl (C=O) groups excluding carboxylic acids is 1. The van der Waals surface area contributed by atoms with E-state index in [9.17, 15) is 18.3 Å². The number of halogens is 2. The number of hydrogen-bond donors (Lipinski definition) is 2.